The van der Waals surface area contributed by atoms with Crippen molar-refractivity contribution in [1.82, 2.24) is 4.90 Å². The third-order valence-corrected chi connectivity index (χ3v) is 2.93. The molecule has 0 rings (SSSR count). The molecular formula is C12H26BrNO2. The summed E-state index contributed by atoms with van der Waals surface area (Å²) in [6, 6.07) is 0. The molecular weight excluding hydrogens is 270 g/mol. The van der Waals surface area contributed by atoms with Crippen molar-refractivity contribution in [2.45, 2.75) is 26.7 Å². The van der Waals surface area contributed by atoms with Crippen molar-refractivity contribution in [3.8, 4) is 0 Å². The van der Waals surface area contributed by atoms with Crippen molar-refractivity contribution >= 4 is 15.9 Å². The fraction of sp³-hybridized carbons (Fsp3) is 1.00. The van der Waals surface area contributed by atoms with Gasteiger partial charge in [0.25, 0.3) is 0 Å². The minimum atomic E-state index is 0.806. The third-order valence-electron chi connectivity index (χ3n) is 2.37. The van der Waals surface area contributed by atoms with Gasteiger partial charge in [-0.1, -0.05) is 15.9 Å². The van der Waals surface area contributed by atoms with E-state index in [0.29, 0.717) is 0 Å². The molecule has 0 N–H and O–H groups in total. The minimum absolute atomic E-state index is 0.806. The molecule has 16 heavy (non-hydrogen) atoms. The maximum atomic E-state index is 5.38. The van der Waals surface area contributed by atoms with E-state index in [4.69, 9.17) is 9.47 Å². The summed E-state index contributed by atoms with van der Waals surface area (Å²) in [6.45, 7) is 10.5. The van der Waals surface area contributed by atoms with Gasteiger partial charge in [-0.05, 0) is 33.2 Å². The van der Waals surface area contributed by atoms with Crippen molar-refractivity contribution in [3.63, 3.8) is 0 Å². The Hall–Kier alpha value is 0.360. The first-order chi connectivity index (χ1) is 7.85. The van der Waals surface area contributed by atoms with Crippen LogP contribution in [0.2, 0.25) is 0 Å². The molecule has 3 nitrogen and oxygen atoms in total. The van der Waals surface area contributed by atoms with Crippen molar-refractivity contribution in [2.75, 3.05) is 51.4 Å². The third kappa shape index (κ3) is 10.9. The molecule has 98 valence electrons. The van der Waals surface area contributed by atoms with E-state index in [1.165, 1.54) is 12.8 Å². The average Bonchev–Trinajstić information content (AvgIpc) is 2.29. The first-order valence-corrected chi connectivity index (χ1v) is 7.41. The second-order valence-electron chi connectivity index (χ2n) is 3.63. The average molecular weight is 296 g/mol. The molecule has 0 atom stereocenters. The summed E-state index contributed by atoms with van der Waals surface area (Å²) in [7, 11) is 0. The fourth-order valence-corrected chi connectivity index (χ4v) is 1.84. The first-order valence-electron chi connectivity index (χ1n) is 6.28. The van der Waals surface area contributed by atoms with Crippen LogP contribution in [0.4, 0.5) is 0 Å². The molecule has 0 aromatic heterocycles. The van der Waals surface area contributed by atoms with Crippen LogP contribution >= 0.6 is 15.9 Å². The predicted molar refractivity (Wildman–Crippen MR) is 72.5 cm³/mol. The van der Waals surface area contributed by atoms with Gasteiger partial charge in [0, 0.05) is 31.6 Å². The topological polar surface area (TPSA) is 21.7 Å². The highest BCUT2D eigenvalue weighted by molar-refractivity contribution is 9.09. The van der Waals surface area contributed by atoms with E-state index >= 15 is 0 Å². The first kappa shape index (κ1) is 16.4. The molecule has 0 saturated heterocycles. The van der Waals surface area contributed by atoms with Gasteiger partial charge in [0.05, 0.1) is 13.2 Å². The van der Waals surface area contributed by atoms with Crippen molar-refractivity contribution in [2.24, 2.45) is 0 Å². The second kappa shape index (κ2) is 13.4. The summed E-state index contributed by atoms with van der Waals surface area (Å²) < 4.78 is 10.8. The number of hydrogen-bond donors (Lipinski definition) is 0. The van der Waals surface area contributed by atoms with E-state index in [9.17, 15) is 0 Å². The molecule has 0 unspecified atom stereocenters. The zero-order valence-electron chi connectivity index (χ0n) is 10.7. The molecule has 0 aliphatic rings. The smallest absolute Gasteiger partial charge is 0.0593 e. The summed E-state index contributed by atoms with van der Waals surface area (Å²) in [5.41, 5.74) is 0. The van der Waals surface area contributed by atoms with Gasteiger partial charge >= 0.3 is 0 Å². The predicted octanol–water partition coefficient (Wildman–Crippen LogP) is 2.54. The highest BCUT2D eigenvalue weighted by Crippen LogP contribution is 1.98. The number of alkyl halides is 1. The lowest BCUT2D eigenvalue weighted by Gasteiger charge is -2.21. The van der Waals surface area contributed by atoms with Gasteiger partial charge < -0.3 is 9.47 Å². The monoisotopic (exact) mass is 295 g/mol. The Morgan fingerprint density at radius 3 is 1.88 bits per heavy atom. The normalized spacial score (nSPS) is 11.2. The lowest BCUT2D eigenvalue weighted by atomic mass is 10.3. The molecule has 0 radical (unpaired) electrons. The van der Waals surface area contributed by atoms with Crippen LogP contribution in [0, 0.1) is 0 Å². The van der Waals surface area contributed by atoms with Gasteiger partial charge in [0.2, 0.25) is 0 Å². The van der Waals surface area contributed by atoms with Gasteiger partial charge in [0.1, 0.15) is 0 Å². The van der Waals surface area contributed by atoms with Crippen LogP contribution < -0.4 is 0 Å². The Kier molecular flexibility index (Phi) is 13.7. The van der Waals surface area contributed by atoms with E-state index in [0.717, 1.165) is 51.4 Å². The molecule has 0 bridgehead atoms. The summed E-state index contributed by atoms with van der Waals surface area (Å²) in [5, 5.41) is 1.10. The van der Waals surface area contributed by atoms with Crippen molar-refractivity contribution < 1.29 is 9.47 Å². The quantitative estimate of drug-likeness (QED) is 0.408. The molecule has 0 heterocycles. The standard InChI is InChI=1S/C12H26BrNO2/c1-3-15-11-9-14(8-6-5-7-13)10-12-16-4-2/h3-12H2,1-2H3. The largest absolute Gasteiger partial charge is 0.380 e. The number of unbranched alkanes of at least 4 members (excludes halogenated alkanes) is 1. The van der Waals surface area contributed by atoms with E-state index in [1.807, 2.05) is 13.8 Å². The molecule has 0 fully saturated rings. The van der Waals surface area contributed by atoms with Gasteiger partial charge in [-0.25, -0.2) is 0 Å². The maximum Gasteiger partial charge on any atom is 0.0593 e. The molecule has 0 aromatic carbocycles. The number of halogens is 1. The van der Waals surface area contributed by atoms with Gasteiger partial charge in [-0.2, -0.15) is 0 Å². The Morgan fingerprint density at radius 2 is 1.44 bits per heavy atom. The molecule has 0 aliphatic carbocycles. The molecule has 0 amide bonds. The Bertz CT molecular complexity index is 112. The van der Waals surface area contributed by atoms with Crippen LogP contribution in [-0.4, -0.2) is 56.3 Å². The zero-order valence-corrected chi connectivity index (χ0v) is 12.3. The molecule has 0 saturated carbocycles. The minimum Gasteiger partial charge on any atom is -0.380 e. The van der Waals surface area contributed by atoms with E-state index in [1.54, 1.807) is 0 Å². The molecule has 0 spiro atoms. The SMILES string of the molecule is CCOCCN(CCCCBr)CCOCC. The van der Waals surface area contributed by atoms with Crippen LogP contribution in [0.5, 0.6) is 0 Å². The number of ether oxygens (including phenoxy) is 2. The van der Waals surface area contributed by atoms with E-state index in [2.05, 4.69) is 20.8 Å². The lowest BCUT2D eigenvalue weighted by molar-refractivity contribution is 0.0823. The Morgan fingerprint density at radius 1 is 0.875 bits per heavy atom. The van der Waals surface area contributed by atoms with E-state index in [-0.39, 0.29) is 0 Å². The molecule has 4 heteroatoms. The van der Waals surface area contributed by atoms with Gasteiger partial charge in [-0.3, -0.25) is 4.90 Å². The maximum absolute atomic E-state index is 5.38. The van der Waals surface area contributed by atoms with Gasteiger partial charge in [0.15, 0.2) is 0 Å². The molecule has 0 aromatic rings. The van der Waals surface area contributed by atoms with Crippen LogP contribution in [0.1, 0.15) is 26.7 Å². The Labute approximate surface area is 109 Å². The highest BCUT2D eigenvalue weighted by Gasteiger charge is 2.04. The Balaban J connectivity index is 3.58. The number of nitrogens with zero attached hydrogens (tertiary/aromatic N) is 1. The summed E-state index contributed by atoms with van der Waals surface area (Å²) in [4.78, 5) is 2.42. The summed E-state index contributed by atoms with van der Waals surface area (Å²) in [6.07, 6.45) is 2.48. The lowest BCUT2D eigenvalue weighted by Crippen LogP contribution is -2.32. The van der Waals surface area contributed by atoms with Crippen molar-refractivity contribution in [3.05, 3.63) is 0 Å². The van der Waals surface area contributed by atoms with Crippen LogP contribution in [0.25, 0.3) is 0 Å². The second-order valence-corrected chi connectivity index (χ2v) is 4.42. The molecule has 0 aliphatic heterocycles. The van der Waals surface area contributed by atoms with Crippen molar-refractivity contribution in [1.29, 1.82) is 0 Å². The van der Waals surface area contributed by atoms with Gasteiger partial charge in [-0.15, -0.1) is 0 Å². The summed E-state index contributed by atoms with van der Waals surface area (Å²) in [5.74, 6) is 0. The number of hydrogen-bond acceptors (Lipinski definition) is 3. The summed E-state index contributed by atoms with van der Waals surface area (Å²) >= 11 is 3.46. The van der Waals surface area contributed by atoms with Crippen LogP contribution in [-0.2, 0) is 9.47 Å². The van der Waals surface area contributed by atoms with E-state index < -0.39 is 0 Å². The fourth-order valence-electron chi connectivity index (χ4n) is 1.44. The van der Waals surface area contributed by atoms with Crippen LogP contribution in [0.15, 0.2) is 0 Å². The number of rotatable bonds is 12. The zero-order chi connectivity index (χ0) is 12.1. The van der Waals surface area contributed by atoms with Crippen LogP contribution in [0.3, 0.4) is 0 Å². The highest BCUT2D eigenvalue weighted by atomic mass is 79.9.